The Morgan fingerprint density at radius 1 is 1.19 bits per heavy atom. The summed E-state index contributed by atoms with van der Waals surface area (Å²) < 4.78 is 22.7. The normalized spacial score (nSPS) is 23.2. The molecule has 1 aliphatic heterocycles. The molecule has 1 aliphatic carbocycles. The highest BCUT2D eigenvalue weighted by Gasteiger charge is 2.31. The molecule has 0 bridgehead atoms. The quantitative estimate of drug-likeness (QED) is 0.765. The fraction of sp³-hybridized carbons (Fsp3) is 0.900. The van der Waals surface area contributed by atoms with Gasteiger partial charge in [-0.1, -0.05) is 0 Å². The standard InChI is InChI=1S/C10H18N2O3S/c1-16(14,15)9-4-6-12(7-5-9)10(13)11-8-2-3-8/h8-9H,2-7H2,1H3,(H,11,13). The Kier molecular flexibility index (Phi) is 3.10. The molecule has 0 unspecified atom stereocenters. The highest BCUT2D eigenvalue weighted by atomic mass is 32.2. The number of rotatable bonds is 2. The zero-order valence-electron chi connectivity index (χ0n) is 9.48. The number of sulfone groups is 1. The summed E-state index contributed by atoms with van der Waals surface area (Å²) in [6.07, 6.45) is 4.56. The minimum atomic E-state index is -2.94. The second-order valence-electron chi connectivity index (χ2n) is 4.74. The summed E-state index contributed by atoms with van der Waals surface area (Å²) in [7, 11) is -2.94. The first-order valence-corrected chi connectivity index (χ1v) is 7.66. The first-order chi connectivity index (χ1) is 7.47. The third-order valence-electron chi connectivity index (χ3n) is 3.24. The third-order valence-corrected chi connectivity index (χ3v) is 4.92. The Morgan fingerprint density at radius 3 is 2.19 bits per heavy atom. The zero-order valence-corrected chi connectivity index (χ0v) is 10.3. The molecule has 5 nitrogen and oxygen atoms in total. The molecule has 1 saturated heterocycles. The maximum atomic E-state index is 11.7. The summed E-state index contributed by atoms with van der Waals surface area (Å²) >= 11 is 0. The molecule has 0 aromatic heterocycles. The van der Waals surface area contributed by atoms with Crippen molar-refractivity contribution in [2.45, 2.75) is 37.0 Å². The number of piperidine rings is 1. The highest BCUT2D eigenvalue weighted by molar-refractivity contribution is 7.91. The van der Waals surface area contributed by atoms with Crippen LogP contribution < -0.4 is 5.32 Å². The molecule has 2 amide bonds. The minimum Gasteiger partial charge on any atom is -0.335 e. The van der Waals surface area contributed by atoms with Crippen LogP contribution in [-0.4, -0.2) is 50.0 Å². The molecule has 2 rings (SSSR count). The fourth-order valence-electron chi connectivity index (χ4n) is 1.98. The van der Waals surface area contributed by atoms with Gasteiger partial charge in [-0.3, -0.25) is 0 Å². The highest BCUT2D eigenvalue weighted by Crippen LogP contribution is 2.21. The van der Waals surface area contributed by atoms with Crippen LogP contribution in [0.15, 0.2) is 0 Å². The second-order valence-corrected chi connectivity index (χ2v) is 7.07. The molecular formula is C10H18N2O3S. The Morgan fingerprint density at radius 2 is 1.75 bits per heavy atom. The first-order valence-electron chi connectivity index (χ1n) is 5.71. The van der Waals surface area contributed by atoms with Crippen LogP contribution >= 0.6 is 0 Å². The first kappa shape index (κ1) is 11.7. The van der Waals surface area contributed by atoms with Crippen molar-refractivity contribution in [3.8, 4) is 0 Å². The molecule has 1 heterocycles. The van der Waals surface area contributed by atoms with Gasteiger partial charge in [0.1, 0.15) is 9.84 Å². The summed E-state index contributed by atoms with van der Waals surface area (Å²) in [6.45, 7) is 1.10. The van der Waals surface area contributed by atoms with Gasteiger partial charge in [-0.25, -0.2) is 13.2 Å². The molecular weight excluding hydrogens is 228 g/mol. The average Bonchev–Trinajstić information content (AvgIpc) is 3.00. The van der Waals surface area contributed by atoms with E-state index in [1.165, 1.54) is 6.26 Å². The Labute approximate surface area is 96.1 Å². The summed E-state index contributed by atoms with van der Waals surface area (Å²) in [6, 6.07) is 0.328. The van der Waals surface area contributed by atoms with Crippen molar-refractivity contribution in [3.05, 3.63) is 0 Å². The van der Waals surface area contributed by atoms with Gasteiger partial charge in [-0.15, -0.1) is 0 Å². The molecule has 0 aromatic rings. The predicted molar refractivity (Wildman–Crippen MR) is 61.0 cm³/mol. The number of nitrogens with one attached hydrogen (secondary N) is 1. The van der Waals surface area contributed by atoms with Gasteiger partial charge in [0.2, 0.25) is 0 Å². The van der Waals surface area contributed by atoms with Gasteiger partial charge in [0, 0.05) is 25.4 Å². The van der Waals surface area contributed by atoms with E-state index in [-0.39, 0.29) is 11.3 Å². The average molecular weight is 246 g/mol. The maximum absolute atomic E-state index is 11.7. The van der Waals surface area contributed by atoms with Crippen LogP contribution in [0.3, 0.4) is 0 Å². The van der Waals surface area contributed by atoms with E-state index in [0.29, 0.717) is 32.0 Å². The van der Waals surface area contributed by atoms with Gasteiger partial charge in [0.25, 0.3) is 0 Å². The van der Waals surface area contributed by atoms with Crippen molar-refractivity contribution in [2.24, 2.45) is 0 Å². The van der Waals surface area contributed by atoms with E-state index in [0.717, 1.165) is 12.8 Å². The van der Waals surface area contributed by atoms with Gasteiger partial charge in [0.15, 0.2) is 0 Å². The Bertz CT molecular complexity index is 368. The van der Waals surface area contributed by atoms with E-state index in [1.54, 1.807) is 4.90 Å². The molecule has 2 fully saturated rings. The third kappa shape index (κ3) is 2.87. The van der Waals surface area contributed by atoms with Crippen molar-refractivity contribution in [1.82, 2.24) is 10.2 Å². The van der Waals surface area contributed by atoms with Crippen LogP contribution in [0.2, 0.25) is 0 Å². The number of hydrogen-bond acceptors (Lipinski definition) is 3. The number of carbonyl (C=O) groups excluding carboxylic acids is 1. The number of nitrogens with zero attached hydrogens (tertiary/aromatic N) is 1. The SMILES string of the molecule is CS(=O)(=O)C1CCN(C(=O)NC2CC2)CC1. The number of amides is 2. The second kappa shape index (κ2) is 4.24. The molecule has 0 radical (unpaired) electrons. The van der Waals surface area contributed by atoms with Crippen LogP contribution in [0.1, 0.15) is 25.7 Å². The molecule has 2 aliphatic rings. The van der Waals surface area contributed by atoms with Crippen LogP contribution in [0.4, 0.5) is 4.79 Å². The van der Waals surface area contributed by atoms with Gasteiger partial charge in [0.05, 0.1) is 5.25 Å². The molecule has 1 saturated carbocycles. The Balaban J connectivity index is 1.82. The van der Waals surface area contributed by atoms with Gasteiger partial charge >= 0.3 is 6.03 Å². The monoisotopic (exact) mass is 246 g/mol. The lowest BCUT2D eigenvalue weighted by molar-refractivity contribution is 0.186. The van der Waals surface area contributed by atoms with Crippen molar-refractivity contribution in [1.29, 1.82) is 0 Å². The van der Waals surface area contributed by atoms with E-state index in [2.05, 4.69) is 5.32 Å². The smallest absolute Gasteiger partial charge is 0.317 e. The number of hydrogen-bond donors (Lipinski definition) is 1. The van der Waals surface area contributed by atoms with Gasteiger partial charge in [-0.05, 0) is 25.7 Å². The summed E-state index contributed by atoms with van der Waals surface area (Å²) in [4.78, 5) is 13.4. The molecule has 6 heteroatoms. The molecule has 0 atom stereocenters. The topological polar surface area (TPSA) is 66.5 Å². The number of urea groups is 1. The van der Waals surface area contributed by atoms with E-state index >= 15 is 0 Å². The summed E-state index contributed by atoms with van der Waals surface area (Å²) in [5.74, 6) is 0. The molecule has 0 aromatic carbocycles. The summed E-state index contributed by atoms with van der Waals surface area (Å²) in [5.41, 5.74) is 0. The molecule has 0 spiro atoms. The van der Waals surface area contributed by atoms with E-state index in [1.807, 2.05) is 0 Å². The van der Waals surface area contributed by atoms with Crippen molar-refractivity contribution >= 4 is 15.9 Å². The number of carbonyl (C=O) groups is 1. The van der Waals surface area contributed by atoms with Crippen LogP contribution in [0.25, 0.3) is 0 Å². The van der Waals surface area contributed by atoms with Crippen molar-refractivity contribution in [3.63, 3.8) is 0 Å². The maximum Gasteiger partial charge on any atom is 0.317 e. The van der Waals surface area contributed by atoms with Crippen molar-refractivity contribution < 1.29 is 13.2 Å². The predicted octanol–water partition coefficient (Wildman–Crippen LogP) is 0.367. The minimum absolute atomic E-state index is 0.0329. The van der Waals surface area contributed by atoms with Gasteiger partial charge < -0.3 is 10.2 Å². The lowest BCUT2D eigenvalue weighted by Gasteiger charge is -2.31. The lowest BCUT2D eigenvalue weighted by atomic mass is 10.1. The zero-order chi connectivity index (χ0) is 11.8. The Hall–Kier alpha value is -0.780. The fourth-order valence-corrected chi connectivity index (χ4v) is 3.05. The van der Waals surface area contributed by atoms with Crippen molar-refractivity contribution in [2.75, 3.05) is 19.3 Å². The van der Waals surface area contributed by atoms with E-state index in [9.17, 15) is 13.2 Å². The molecule has 92 valence electrons. The van der Waals surface area contributed by atoms with E-state index < -0.39 is 9.84 Å². The summed E-state index contributed by atoms with van der Waals surface area (Å²) in [5, 5.41) is 2.65. The molecule has 1 N–H and O–H groups in total. The number of likely N-dealkylation sites (tertiary alicyclic amines) is 1. The van der Waals surface area contributed by atoms with Crippen LogP contribution in [0, 0.1) is 0 Å². The van der Waals surface area contributed by atoms with Crippen LogP contribution in [0.5, 0.6) is 0 Å². The van der Waals surface area contributed by atoms with E-state index in [4.69, 9.17) is 0 Å². The largest absolute Gasteiger partial charge is 0.335 e. The van der Waals surface area contributed by atoms with Gasteiger partial charge in [-0.2, -0.15) is 0 Å². The molecule has 16 heavy (non-hydrogen) atoms. The van der Waals surface area contributed by atoms with Crippen LogP contribution in [-0.2, 0) is 9.84 Å². The lowest BCUT2D eigenvalue weighted by Crippen LogP contribution is -2.47.